The summed E-state index contributed by atoms with van der Waals surface area (Å²) < 4.78 is 0. The van der Waals surface area contributed by atoms with Crippen LogP contribution in [0.25, 0.3) is 0 Å². The second-order valence-electron chi connectivity index (χ2n) is 7.40. The zero-order chi connectivity index (χ0) is 17.5. The van der Waals surface area contributed by atoms with Gasteiger partial charge in [0.2, 0.25) is 5.91 Å². The number of rotatable bonds is 5. The number of hydrogen-bond donors (Lipinski definition) is 0. The number of nitrogens with zero attached hydrogens (tertiary/aromatic N) is 3. The van der Waals surface area contributed by atoms with Crippen molar-refractivity contribution in [3.63, 3.8) is 0 Å². The summed E-state index contributed by atoms with van der Waals surface area (Å²) in [5.41, 5.74) is 1.04. The van der Waals surface area contributed by atoms with E-state index in [2.05, 4.69) is 11.0 Å². The van der Waals surface area contributed by atoms with Gasteiger partial charge in [0.25, 0.3) is 0 Å². The molecule has 134 valence electrons. The number of amides is 1. The minimum Gasteiger partial charge on any atom is -0.340 e. The monoisotopic (exact) mass is 339 g/mol. The summed E-state index contributed by atoms with van der Waals surface area (Å²) in [4.78, 5) is 16.7. The third kappa shape index (κ3) is 4.83. The van der Waals surface area contributed by atoms with Gasteiger partial charge >= 0.3 is 0 Å². The molecule has 3 rings (SSSR count). The highest BCUT2D eigenvalue weighted by Crippen LogP contribution is 2.28. The van der Waals surface area contributed by atoms with Crippen LogP contribution in [0.15, 0.2) is 30.3 Å². The Morgan fingerprint density at radius 1 is 1.08 bits per heavy atom. The van der Waals surface area contributed by atoms with Crippen LogP contribution in [0.4, 0.5) is 0 Å². The third-order valence-corrected chi connectivity index (χ3v) is 5.76. The fourth-order valence-electron chi connectivity index (χ4n) is 4.19. The smallest absolute Gasteiger partial charge is 0.222 e. The van der Waals surface area contributed by atoms with Gasteiger partial charge in [-0.1, -0.05) is 62.4 Å². The van der Waals surface area contributed by atoms with Gasteiger partial charge < -0.3 is 4.90 Å². The van der Waals surface area contributed by atoms with Crippen molar-refractivity contribution in [3.05, 3.63) is 35.9 Å². The lowest BCUT2D eigenvalue weighted by molar-refractivity contribution is -0.133. The van der Waals surface area contributed by atoms with Crippen molar-refractivity contribution in [1.29, 1.82) is 5.26 Å². The molecule has 1 aliphatic carbocycles. The Morgan fingerprint density at radius 3 is 2.40 bits per heavy atom. The molecule has 1 aromatic carbocycles. The fourth-order valence-corrected chi connectivity index (χ4v) is 4.19. The molecule has 1 amide bonds. The molecule has 1 saturated carbocycles. The van der Waals surface area contributed by atoms with Crippen LogP contribution < -0.4 is 0 Å². The van der Waals surface area contributed by atoms with Crippen LogP contribution in [0.1, 0.15) is 56.6 Å². The first-order valence-electron chi connectivity index (χ1n) is 9.74. The molecule has 1 heterocycles. The highest BCUT2D eigenvalue weighted by atomic mass is 16.2. The number of benzene rings is 1. The second kappa shape index (κ2) is 9.01. The topological polar surface area (TPSA) is 47.3 Å². The first-order chi connectivity index (χ1) is 12.3. The number of carbonyl (C=O) groups is 1. The van der Waals surface area contributed by atoms with Gasteiger partial charge in [0.05, 0.1) is 6.07 Å². The average Bonchev–Trinajstić information content (AvgIpc) is 2.69. The summed E-state index contributed by atoms with van der Waals surface area (Å²) in [5, 5.41) is 9.56. The van der Waals surface area contributed by atoms with E-state index in [-0.39, 0.29) is 6.04 Å². The van der Waals surface area contributed by atoms with Crippen molar-refractivity contribution < 1.29 is 4.79 Å². The zero-order valence-corrected chi connectivity index (χ0v) is 15.1. The summed E-state index contributed by atoms with van der Waals surface area (Å²) in [6.07, 6.45) is 8.42. The number of nitriles is 1. The fraction of sp³-hybridized carbons (Fsp3) is 0.619. The van der Waals surface area contributed by atoms with E-state index in [9.17, 15) is 10.1 Å². The maximum absolute atomic E-state index is 12.5. The largest absolute Gasteiger partial charge is 0.340 e. The van der Waals surface area contributed by atoms with Gasteiger partial charge in [-0.25, -0.2) is 0 Å². The molecule has 2 fully saturated rings. The molecule has 4 heteroatoms. The third-order valence-electron chi connectivity index (χ3n) is 5.76. The van der Waals surface area contributed by atoms with E-state index < -0.39 is 0 Å². The minimum atomic E-state index is -0.208. The van der Waals surface area contributed by atoms with Crippen LogP contribution >= 0.6 is 0 Å². The molecular weight excluding hydrogens is 310 g/mol. The van der Waals surface area contributed by atoms with Crippen molar-refractivity contribution in [1.82, 2.24) is 9.80 Å². The van der Waals surface area contributed by atoms with Crippen LogP contribution in [0, 0.1) is 17.2 Å². The summed E-state index contributed by atoms with van der Waals surface area (Å²) in [6.45, 7) is 3.05. The van der Waals surface area contributed by atoms with Crippen LogP contribution in [-0.4, -0.2) is 41.9 Å². The molecule has 1 unspecified atom stereocenters. The standard InChI is InChI=1S/C21H29N3O/c22-17-20(19-9-5-2-6-10-19)23-13-15-24(16-14-23)21(25)12-11-18-7-3-1-4-8-18/h2,5-6,9-10,18,20H,1,3-4,7-8,11-16H2. The van der Waals surface area contributed by atoms with E-state index in [1.165, 1.54) is 32.1 Å². The Balaban J connectivity index is 1.46. The van der Waals surface area contributed by atoms with Crippen molar-refractivity contribution >= 4 is 5.91 Å². The predicted octanol–water partition coefficient (Wildman–Crippen LogP) is 3.76. The van der Waals surface area contributed by atoms with Crippen LogP contribution in [0.3, 0.4) is 0 Å². The predicted molar refractivity (Wildman–Crippen MR) is 98.8 cm³/mol. The zero-order valence-electron chi connectivity index (χ0n) is 15.1. The highest BCUT2D eigenvalue weighted by molar-refractivity contribution is 5.76. The van der Waals surface area contributed by atoms with Gasteiger partial charge in [-0.2, -0.15) is 5.26 Å². The Morgan fingerprint density at radius 2 is 1.76 bits per heavy atom. The molecule has 25 heavy (non-hydrogen) atoms. The van der Waals surface area contributed by atoms with Crippen molar-refractivity contribution in [2.24, 2.45) is 5.92 Å². The maximum Gasteiger partial charge on any atom is 0.222 e. The highest BCUT2D eigenvalue weighted by Gasteiger charge is 2.27. The molecule has 1 aromatic rings. The second-order valence-corrected chi connectivity index (χ2v) is 7.40. The molecule has 2 aliphatic rings. The quantitative estimate of drug-likeness (QED) is 0.821. The minimum absolute atomic E-state index is 0.208. The summed E-state index contributed by atoms with van der Waals surface area (Å²) in [7, 11) is 0. The number of hydrogen-bond acceptors (Lipinski definition) is 3. The Kier molecular flexibility index (Phi) is 6.47. The summed E-state index contributed by atoms with van der Waals surface area (Å²) >= 11 is 0. The first kappa shape index (κ1) is 17.9. The lowest BCUT2D eigenvalue weighted by atomic mass is 9.86. The van der Waals surface area contributed by atoms with E-state index in [0.29, 0.717) is 12.3 Å². The lowest BCUT2D eigenvalue weighted by Gasteiger charge is -2.37. The molecule has 0 spiro atoms. The molecule has 0 N–H and O–H groups in total. The van der Waals surface area contributed by atoms with Crippen molar-refractivity contribution in [3.8, 4) is 6.07 Å². The van der Waals surface area contributed by atoms with Crippen molar-refractivity contribution in [2.45, 2.75) is 51.0 Å². The van der Waals surface area contributed by atoms with E-state index in [1.54, 1.807) is 0 Å². The Hall–Kier alpha value is -1.86. The molecule has 0 radical (unpaired) electrons. The maximum atomic E-state index is 12.5. The molecular formula is C21H29N3O. The van der Waals surface area contributed by atoms with E-state index in [4.69, 9.17) is 0 Å². The van der Waals surface area contributed by atoms with Crippen molar-refractivity contribution in [2.75, 3.05) is 26.2 Å². The van der Waals surface area contributed by atoms with E-state index >= 15 is 0 Å². The van der Waals surface area contributed by atoms with Gasteiger partial charge in [0.1, 0.15) is 6.04 Å². The number of carbonyl (C=O) groups excluding carboxylic acids is 1. The first-order valence-corrected chi connectivity index (χ1v) is 9.74. The Labute approximate surface area is 151 Å². The molecule has 1 saturated heterocycles. The van der Waals surface area contributed by atoms with Gasteiger partial charge in [-0.15, -0.1) is 0 Å². The molecule has 0 bridgehead atoms. The summed E-state index contributed by atoms with van der Waals surface area (Å²) in [5.74, 6) is 1.07. The molecule has 0 aromatic heterocycles. The van der Waals surface area contributed by atoms with Gasteiger partial charge in [-0.3, -0.25) is 9.69 Å². The van der Waals surface area contributed by atoms with Crippen LogP contribution in [-0.2, 0) is 4.79 Å². The normalized spacial score (nSPS) is 20.8. The van der Waals surface area contributed by atoms with Gasteiger partial charge in [-0.05, 0) is 17.9 Å². The van der Waals surface area contributed by atoms with Crippen LogP contribution in [0.5, 0.6) is 0 Å². The van der Waals surface area contributed by atoms with E-state index in [1.807, 2.05) is 35.2 Å². The Bertz CT molecular complexity index is 581. The van der Waals surface area contributed by atoms with Gasteiger partial charge in [0, 0.05) is 32.6 Å². The SMILES string of the molecule is N#CC(c1ccccc1)N1CCN(C(=O)CCC2CCCCC2)CC1. The summed E-state index contributed by atoms with van der Waals surface area (Å²) in [6, 6.07) is 12.2. The average molecular weight is 339 g/mol. The van der Waals surface area contributed by atoms with Crippen LogP contribution in [0.2, 0.25) is 0 Å². The lowest BCUT2D eigenvalue weighted by Crippen LogP contribution is -2.49. The van der Waals surface area contributed by atoms with E-state index in [0.717, 1.165) is 44.1 Å². The molecule has 1 aliphatic heterocycles. The molecule has 1 atom stereocenters. The van der Waals surface area contributed by atoms with Gasteiger partial charge in [0.15, 0.2) is 0 Å². The number of piperazine rings is 1. The molecule has 4 nitrogen and oxygen atoms in total.